The van der Waals surface area contributed by atoms with Crippen LogP contribution in [-0.2, 0) is 16.1 Å². The summed E-state index contributed by atoms with van der Waals surface area (Å²) in [5.41, 5.74) is 1.67. The van der Waals surface area contributed by atoms with Crippen molar-refractivity contribution in [1.82, 2.24) is 10.3 Å². The second kappa shape index (κ2) is 7.67. The fraction of sp³-hybridized carbons (Fsp3) is 0.500. The molecule has 1 amide bonds. The molecule has 1 N–H and O–H groups in total. The summed E-state index contributed by atoms with van der Waals surface area (Å²) in [5, 5.41) is 2.89. The standard InChI is InChI=1S/C16H22N2O3/c1-3-12(2)21-15-9-13(6-7-17-15)10-18-16(19)14-5-4-8-20-11-14/h6-7,9,11-12H,3-5,8,10H2,1-2H3,(H,18,19)/t12-/m1/s1. The third-order valence-electron chi connectivity index (χ3n) is 3.37. The first kappa shape index (κ1) is 15.4. The van der Waals surface area contributed by atoms with Crippen molar-refractivity contribution in [2.24, 2.45) is 0 Å². The second-order valence-electron chi connectivity index (χ2n) is 5.14. The molecule has 0 unspecified atom stereocenters. The number of rotatable bonds is 6. The van der Waals surface area contributed by atoms with Gasteiger partial charge in [0.2, 0.25) is 5.88 Å². The summed E-state index contributed by atoms with van der Waals surface area (Å²) in [5.74, 6) is 0.521. The molecule has 0 spiro atoms. The number of pyridine rings is 1. The fourth-order valence-electron chi connectivity index (χ4n) is 1.94. The molecule has 2 heterocycles. The SMILES string of the molecule is CC[C@@H](C)Oc1cc(CNC(=O)C2=COCCC2)ccn1. The van der Waals surface area contributed by atoms with Crippen LogP contribution in [0, 0.1) is 0 Å². The number of nitrogens with zero attached hydrogens (tertiary/aromatic N) is 1. The normalized spacial score (nSPS) is 15.6. The van der Waals surface area contributed by atoms with Crippen LogP contribution in [-0.4, -0.2) is 23.6 Å². The maximum absolute atomic E-state index is 12.0. The van der Waals surface area contributed by atoms with Crippen LogP contribution < -0.4 is 10.1 Å². The lowest BCUT2D eigenvalue weighted by molar-refractivity contribution is -0.118. The second-order valence-corrected chi connectivity index (χ2v) is 5.14. The van der Waals surface area contributed by atoms with Gasteiger partial charge in [0, 0.05) is 18.8 Å². The molecule has 0 saturated heterocycles. The van der Waals surface area contributed by atoms with Crippen LogP contribution in [0.1, 0.15) is 38.7 Å². The lowest BCUT2D eigenvalue weighted by Gasteiger charge is -2.14. The number of hydrogen-bond acceptors (Lipinski definition) is 4. The third-order valence-corrected chi connectivity index (χ3v) is 3.37. The number of amides is 1. The average Bonchev–Trinajstić information content (AvgIpc) is 2.53. The van der Waals surface area contributed by atoms with Gasteiger partial charge in [0.05, 0.1) is 24.5 Å². The van der Waals surface area contributed by atoms with Gasteiger partial charge in [0.25, 0.3) is 5.91 Å². The van der Waals surface area contributed by atoms with Crippen molar-refractivity contribution in [1.29, 1.82) is 0 Å². The van der Waals surface area contributed by atoms with Crippen LogP contribution in [0.15, 0.2) is 30.2 Å². The number of carbonyl (C=O) groups is 1. The quantitative estimate of drug-likeness (QED) is 0.874. The van der Waals surface area contributed by atoms with Gasteiger partial charge >= 0.3 is 0 Å². The molecule has 2 rings (SSSR count). The maximum atomic E-state index is 12.0. The molecular weight excluding hydrogens is 268 g/mol. The number of nitrogens with one attached hydrogen (secondary N) is 1. The Morgan fingerprint density at radius 3 is 3.14 bits per heavy atom. The molecule has 1 aromatic heterocycles. The van der Waals surface area contributed by atoms with Gasteiger partial charge in [-0.15, -0.1) is 0 Å². The van der Waals surface area contributed by atoms with Crippen LogP contribution in [0.5, 0.6) is 5.88 Å². The summed E-state index contributed by atoms with van der Waals surface area (Å²) in [7, 11) is 0. The molecule has 1 aliphatic rings. The van der Waals surface area contributed by atoms with E-state index in [0.29, 0.717) is 24.6 Å². The van der Waals surface area contributed by atoms with Crippen LogP contribution in [0.3, 0.4) is 0 Å². The number of ether oxygens (including phenoxy) is 2. The lowest BCUT2D eigenvalue weighted by atomic mass is 10.1. The van der Waals surface area contributed by atoms with Gasteiger partial charge in [-0.2, -0.15) is 0 Å². The van der Waals surface area contributed by atoms with Gasteiger partial charge < -0.3 is 14.8 Å². The molecule has 1 aliphatic heterocycles. The highest BCUT2D eigenvalue weighted by atomic mass is 16.5. The Kier molecular flexibility index (Phi) is 5.60. The van der Waals surface area contributed by atoms with E-state index in [1.165, 1.54) is 0 Å². The van der Waals surface area contributed by atoms with E-state index in [1.807, 2.05) is 19.1 Å². The molecule has 0 aromatic carbocycles. The van der Waals surface area contributed by atoms with Gasteiger partial charge in [-0.1, -0.05) is 6.92 Å². The maximum Gasteiger partial charge on any atom is 0.250 e. The van der Waals surface area contributed by atoms with Crippen molar-refractivity contribution in [2.75, 3.05) is 6.61 Å². The zero-order valence-corrected chi connectivity index (χ0v) is 12.6. The van der Waals surface area contributed by atoms with Crippen molar-refractivity contribution in [3.05, 3.63) is 35.7 Å². The number of aromatic nitrogens is 1. The van der Waals surface area contributed by atoms with Gasteiger partial charge in [0.15, 0.2) is 0 Å². The summed E-state index contributed by atoms with van der Waals surface area (Å²) >= 11 is 0. The first-order valence-corrected chi connectivity index (χ1v) is 7.39. The van der Waals surface area contributed by atoms with Crippen LogP contribution in [0.2, 0.25) is 0 Å². The largest absolute Gasteiger partial charge is 0.501 e. The monoisotopic (exact) mass is 290 g/mol. The van der Waals surface area contributed by atoms with E-state index in [9.17, 15) is 4.79 Å². The Labute approximate surface area is 125 Å². The van der Waals surface area contributed by atoms with Gasteiger partial charge in [-0.25, -0.2) is 4.98 Å². The molecule has 5 heteroatoms. The molecule has 0 aliphatic carbocycles. The highest BCUT2D eigenvalue weighted by Gasteiger charge is 2.13. The minimum atomic E-state index is -0.0732. The van der Waals surface area contributed by atoms with E-state index in [1.54, 1.807) is 12.5 Å². The summed E-state index contributed by atoms with van der Waals surface area (Å²) in [6, 6.07) is 3.73. The predicted molar refractivity (Wildman–Crippen MR) is 79.7 cm³/mol. The fourth-order valence-corrected chi connectivity index (χ4v) is 1.94. The highest BCUT2D eigenvalue weighted by Crippen LogP contribution is 2.14. The Hall–Kier alpha value is -2.04. The molecule has 114 valence electrons. The summed E-state index contributed by atoms with van der Waals surface area (Å²) in [6.45, 7) is 5.22. The molecule has 1 atom stereocenters. The Balaban J connectivity index is 1.89. The molecule has 5 nitrogen and oxygen atoms in total. The Bertz CT molecular complexity index is 514. The minimum Gasteiger partial charge on any atom is -0.501 e. The minimum absolute atomic E-state index is 0.0732. The first-order chi connectivity index (χ1) is 10.2. The average molecular weight is 290 g/mol. The Morgan fingerprint density at radius 2 is 2.43 bits per heavy atom. The third kappa shape index (κ3) is 4.77. The molecule has 0 saturated carbocycles. The van der Waals surface area contributed by atoms with Crippen LogP contribution >= 0.6 is 0 Å². The van der Waals surface area contributed by atoms with Gasteiger partial charge in [-0.3, -0.25) is 4.79 Å². The highest BCUT2D eigenvalue weighted by molar-refractivity contribution is 5.93. The predicted octanol–water partition coefficient (Wildman–Crippen LogP) is 2.57. The van der Waals surface area contributed by atoms with E-state index in [-0.39, 0.29) is 12.0 Å². The smallest absolute Gasteiger partial charge is 0.250 e. The number of carbonyl (C=O) groups excluding carboxylic acids is 1. The lowest BCUT2D eigenvalue weighted by Crippen LogP contribution is -2.26. The van der Waals surface area contributed by atoms with E-state index >= 15 is 0 Å². The molecule has 0 bridgehead atoms. The summed E-state index contributed by atoms with van der Waals surface area (Å²) < 4.78 is 10.8. The zero-order valence-electron chi connectivity index (χ0n) is 12.6. The Morgan fingerprint density at radius 1 is 1.57 bits per heavy atom. The van der Waals surface area contributed by atoms with Crippen molar-refractivity contribution >= 4 is 5.91 Å². The zero-order chi connectivity index (χ0) is 15.1. The topological polar surface area (TPSA) is 60.5 Å². The van der Waals surface area contributed by atoms with Crippen LogP contribution in [0.25, 0.3) is 0 Å². The van der Waals surface area contributed by atoms with E-state index < -0.39 is 0 Å². The van der Waals surface area contributed by atoms with Crippen molar-refractivity contribution in [2.45, 2.75) is 45.8 Å². The van der Waals surface area contributed by atoms with E-state index in [4.69, 9.17) is 9.47 Å². The molecular formula is C16H22N2O3. The molecule has 21 heavy (non-hydrogen) atoms. The van der Waals surface area contributed by atoms with Crippen molar-refractivity contribution in [3.8, 4) is 5.88 Å². The van der Waals surface area contributed by atoms with Gasteiger partial charge in [0.1, 0.15) is 0 Å². The van der Waals surface area contributed by atoms with Gasteiger partial charge in [-0.05, 0) is 37.8 Å². The molecule has 0 radical (unpaired) electrons. The van der Waals surface area contributed by atoms with Crippen molar-refractivity contribution in [3.63, 3.8) is 0 Å². The summed E-state index contributed by atoms with van der Waals surface area (Å²) in [6.07, 6.45) is 5.97. The van der Waals surface area contributed by atoms with E-state index in [2.05, 4.69) is 17.2 Å². The van der Waals surface area contributed by atoms with Crippen molar-refractivity contribution < 1.29 is 14.3 Å². The van der Waals surface area contributed by atoms with Crippen LogP contribution in [0.4, 0.5) is 0 Å². The molecule has 0 fully saturated rings. The number of hydrogen-bond donors (Lipinski definition) is 1. The first-order valence-electron chi connectivity index (χ1n) is 7.39. The van der Waals surface area contributed by atoms with E-state index in [0.717, 1.165) is 24.8 Å². The summed E-state index contributed by atoms with van der Waals surface area (Å²) in [4.78, 5) is 16.2. The molecule has 1 aromatic rings.